The van der Waals surface area contributed by atoms with E-state index in [1.165, 1.54) is 38.4 Å². The SMILES string of the molecule is CNC(C)CNS(=O)(=O)c1ccccc1S(=O)(=O)N(C)C. The fourth-order valence-corrected chi connectivity index (χ4v) is 4.32. The van der Waals surface area contributed by atoms with Crippen LogP contribution in [0.5, 0.6) is 0 Å². The number of hydrogen-bond donors (Lipinski definition) is 2. The van der Waals surface area contributed by atoms with E-state index in [-0.39, 0.29) is 22.4 Å². The lowest BCUT2D eigenvalue weighted by Crippen LogP contribution is -2.37. The van der Waals surface area contributed by atoms with Crippen molar-refractivity contribution in [1.29, 1.82) is 0 Å². The Labute approximate surface area is 126 Å². The summed E-state index contributed by atoms with van der Waals surface area (Å²) >= 11 is 0. The largest absolute Gasteiger partial charge is 0.316 e. The summed E-state index contributed by atoms with van der Waals surface area (Å²) < 4.78 is 52.5. The molecule has 0 saturated carbocycles. The van der Waals surface area contributed by atoms with Crippen LogP contribution in [0.2, 0.25) is 0 Å². The monoisotopic (exact) mass is 335 g/mol. The lowest BCUT2D eigenvalue weighted by atomic mass is 10.4. The van der Waals surface area contributed by atoms with Crippen molar-refractivity contribution in [3.63, 3.8) is 0 Å². The molecule has 0 aromatic heterocycles. The maximum absolute atomic E-state index is 12.3. The zero-order valence-corrected chi connectivity index (χ0v) is 14.1. The van der Waals surface area contributed by atoms with Crippen LogP contribution < -0.4 is 10.0 Å². The van der Waals surface area contributed by atoms with Gasteiger partial charge in [0, 0.05) is 26.7 Å². The highest BCUT2D eigenvalue weighted by atomic mass is 32.2. The molecule has 1 atom stereocenters. The first-order chi connectivity index (χ1) is 9.63. The van der Waals surface area contributed by atoms with E-state index in [1.54, 1.807) is 7.05 Å². The minimum atomic E-state index is -3.91. The summed E-state index contributed by atoms with van der Waals surface area (Å²) in [6.07, 6.45) is 0. The average molecular weight is 335 g/mol. The number of hydrogen-bond acceptors (Lipinski definition) is 5. The first-order valence-corrected chi connectivity index (χ1v) is 9.23. The van der Waals surface area contributed by atoms with E-state index in [1.807, 2.05) is 6.92 Å². The molecule has 21 heavy (non-hydrogen) atoms. The Morgan fingerprint density at radius 3 is 2.10 bits per heavy atom. The Balaban J connectivity index is 3.26. The van der Waals surface area contributed by atoms with E-state index in [4.69, 9.17) is 0 Å². The molecule has 0 aliphatic heterocycles. The normalized spacial score (nSPS) is 14.3. The van der Waals surface area contributed by atoms with Gasteiger partial charge in [-0.25, -0.2) is 25.9 Å². The van der Waals surface area contributed by atoms with Crippen molar-refractivity contribution in [3.8, 4) is 0 Å². The zero-order valence-electron chi connectivity index (χ0n) is 12.5. The molecule has 1 unspecified atom stereocenters. The van der Waals surface area contributed by atoms with Gasteiger partial charge < -0.3 is 5.32 Å². The van der Waals surface area contributed by atoms with Crippen LogP contribution in [0.4, 0.5) is 0 Å². The summed E-state index contributed by atoms with van der Waals surface area (Å²) in [7, 11) is -3.32. The van der Waals surface area contributed by atoms with Crippen LogP contribution in [-0.2, 0) is 20.0 Å². The molecule has 1 aromatic carbocycles. The second kappa shape index (κ2) is 6.84. The van der Waals surface area contributed by atoms with Crippen LogP contribution in [0.1, 0.15) is 6.92 Å². The van der Waals surface area contributed by atoms with Gasteiger partial charge in [-0.2, -0.15) is 0 Å². The van der Waals surface area contributed by atoms with Gasteiger partial charge in [-0.15, -0.1) is 0 Å². The van der Waals surface area contributed by atoms with Gasteiger partial charge in [0.15, 0.2) is 0 Å². The van der Waals surface area contributed by atoms with Crippen molar-refractivity contribution in [1.82, 2.24) is 14.3 Å². The smallest absolute Gasteiger partial charge is 0.243 e. The Bertz CT molecular complexity index is 684. The fourth-order valence-electron chi connectivity index (χ4n) is 1.50. The molecule has 7 nitrogen and oxygen atoms in total. The minimum Gasteiger partial charge on any atom is -0.316 e. The van der Waals surface area contributed by atoms with Gasteiger partial charge in [-0.3, -0.25) is 0 Å². The van der Waals surface area contributed by atoms with Crippen molar-refractivity contribution in [2.75, 3.05) is 27.7 Å². The third-order valence-electron chi connectivity index (χ3n) is 2.97. The summed E-state index contributed by atoms with van der Waals surface area (Å²) in [5, 5.41) is 2.90. The predicted octanol–water partition coefficient (Wildman–Crippen LogP) is -0.177. The van der Waals surface area contributed by atoms with E-state index < -0.39 is 20.0 Å². The number of nitrogens with zero attached hydrogens (tertiary/aromatic N) is 1. The molecule has 1 aromatic rings. The van der Waals surface area contributed by atoms with Gasteiger partial charge >= 0.3 is 0 Å². The molecule has 0 aliphatic carbocycles. The van der Waals surface area contributed by atoms with Gasteiger partial charge in [0.05, 0.1) is 0 Å². The summed E-state index contributed by atoms with van der Waals surface area (Å²) in [5.41, 5.74) is 0. The highest BCUT2D eigenvalue weighted by Gasteiger charge is 2.27. The average Bonchev–Trinajstić information content (AvgIpc) is 2.44. The minimum absolute atomic E-state index is 0.0719. The molecule has 120 valence electrons. The van der Waals surface area contributed by atoms with E-state index in [0.717, 1.165) is 4.31 Å². The summed E-state index contributed by atoms with van der Waals surface area (Å²) in [4.78, 5) is -0.485. The Hall–Kier alpha value is -1.00. The number of nitrogens with one attached hydrogen (secondary N) is 2. The molecular formula is C12H21N3O4S2. The third kappa shape index (κ3) is 4.24. The molecule has 2 N–H and O–H groups in total. The Morgan fingerprint density at radius 1 is 1.10 bits per heavy atom. The number of rotatable bonds is 7. The Morgan fingerprint density at radius 2 is 1.62 bits per heavy atom. The number of sulfonamides is 2. The molecule has 0 amide bonds. The first-order valence-electron chi connectivity index (χ1n) is 6.31. The molecular weight excluding hydrogens is 314 g/mol. The van der Waals surface area contributed by atoms with Crippen LogP contribution in [0.15, 0.2) is 34.1 Å². The second-order valence-electron chi connectivity index (χ2n) is 4.78. The molecule has 0 bridgehead atoms. The standard InChI is InChI=1S/C12H21N3O4S2/c1-10(13-2)9-14-20(16,17)11-7-5-6-8-12(11)21(18,19)15(3)4/h5-8,10,13-14H,9H2,1-4H3. The van der Waals surface area contributed by atoms with Gasteiger partial charge in [-0.1, -0.05) is 12.1 Å². The van der Waals surface area contributed by atoms with Crippen LogP contribution in [-0.4, -0.2) is 54.9 Å². The van der Waals surface area contributed by atoms with E-state index in [9.17, 15) is 16.8 Å². The highest BCUT2D eigenvalue weighted by Crippen LogP contribution is 2.22. The van der Waals surface area contributed by atoms with Crippen molar-refractivity contribution < 1.29 is 16.8 Å². The van der Waals surface area contributed by atoms with Gasteiger partial charge in [0.1, 0.15) is 9.79 Å². The maximum atomic E-state index is 12.3. The molecule has 0 saturated heterocycles. The highest BCUT2D eigenvalue weighted by molar-refractivity contribution is 7.92. The van der Waals surface area contributed by atoms with Crippen LogP contribution in [0.25, 0.3) is 0 Å². The quantitative estimate of drug-likeness (QED) is 0.721. The predicted molar refractivity (Wildman–Crippen MR) is 81.0 cm³/mol. The topological polar surface area (TPSA) is 95.6 Å². The van der Waals surface area contributed by atoms with Gasteiger partial charge in [0.25, 0.3) is 0 Å². The fraction of sp³-hybridized carbons (Fsp3) is 0.500. The van der Waals surface area contributed by atoms with Gasteiger partial charge in [0.2, 0.25) is 20.0 Å². The summed E-state index contributed by atoms with van der Waals surface area (Å²) in [6.45, 7) is 1.97. The molecule has 1 rings (SSSR count). The van der Waals surface area contributed by atoms with Crippen LogP contribution >= 0.6 is 0 Å². The lowest BCUT2D eigenvalue weighted by Gasteiger charge is -2.16. The van der Waals surface area contributed by atoms with Crippen molar-refractivity contribution >= 4 is 20.0 Å². The van der Waals surface area contributed by atoms with Crippen LogP contribution in [0, 0.1) is 0 Å². The lowest BCUT2D eigenvalue weighted by molar-refractivity contribution is 0.515. The number of benzene rings is 1. The van der Waals surface area contributed by atoms with Crippen molar-refractivity contribution in [2.45, 2.75) is 22.8 Å². The maximum Gasteiger partial charge on any atom is 0.243 e. The third-order valence-corrected chi connectivity index (χ3v) is 6.45. The molecule has 0 radical (unpaired) electrons. The van der Waals surface area contributed by atoms with Crippen molar-refractivity contribution in [2.24, 2.45) is 0 Å². The molecule has 0 aliphatic rings. The number of likely N-dealkylation sites (N-methyl/N-ethyl adjacent to an activating group) is 1. The van der Waals surface area contributed by atoms with Crippen molar-refractivity contribution in [3.05, 3.63) is 24.3 Å². The van der Waals surface area contributed by atoms with E-state index in [0.29, 0.717) is 0 Å². The Kier molecular flexibility index (Phi) is 5.88. The summed E-state index contributed by atoms with van der Waals surface area (Å²) in [5.74, 6) is 0. The molecule has 9 heteroatoms. The van der Waals surface area contributed by atoms with Gasteiger partial charge in [-0.05, 0) is 26.1 Å². The second-order valence-corrected chi connectivity index (χ2v) is 8.63. The first kappa shape index (κ1) is 18.1. The zero-order chi connectivity index (χ0) is 16.3. The molecule has 0 heterocycles. The van der Waals surface area contributed by atoms with Crippen LogP contribution in [0.3, 0.4) is 0 Å². The summed E-state index contributed by atoms with van der Waals surface area (Å²) in [6, 6.07) is 5.47. The van der Waals surface area contributed by atoms with E-state index in [2.05, 4.69) is 10.0 Å². The molecule has 0 fully saturated rings. The molecule has 0 spiro atoms. The van der Waals surface area contributed by atoms with E-state index >= 15 is 0 Å².